The summed E-state index contributed by atoms with van der Waals surface area (Å²) in [5, 5.41) is 11.3. The van der Waals surface area contributed by atoms with Crippen molar-refractivity contribution in [2.24, 2.45) is 7.05 Å². The molecule has 0 radical (unpaired) electrons. The van der Waals surface area contributed by atoms with Crippen LogP contribution in [0, 0.1) is 0 Å². The van der Waals surface area contributed by atoms with Gasteiger partial charge in [0.1, 0.15) is 0 Å². The second-order valence-corrected chi connectivity index (χ2v) is 7.46. The molecule has 1 aliphatic heterocycles. The van der Waals surface area contributed by atoms with Gasteiger partial charge in [-0.3, -0.25) is 14.8 Å². The fraction of sp³-hybridized carbons (Fsp3) is 0.562. The third kappa shape index (κ3) is 3.16. The summed E-state index contributed by atoms with van der Waals surface area (Å²) in [5.41, 5.74) is 1.64. The number of nitrogens with zero attached hydrogens (tertiary/aromatic N) is 3. The molecule has 3 heterocycles. The first-order valence-corrected chi connectivity index (χ1v) is 9.04. The number of carbonyl (C=O) groups excluding carboxylic acids is 1. The number of anilines is 1. The number of aryl methyl sites for hydroxylation is 1. The van der Waals surface area contributed by atoms with Gasteiger partial charge in [-0.15, -0.1) is 11.3 Å². The number of amides is 1. The third-order valence-corrected chi connectivity index (χ3v) is 5.71. The Balaban J connectivity index is 1.44. The summed E-state index contributed by atoms with van der Waals surface area (Å²) in [6, 6.07) is 1.91. The minimum absolute atomic E-state index is 0.168. The van der Waals surface area contributed by atoms with E-state index in [0.29, 0.717) is 22.7 Å². The fourth-order valence-corrected chi connectivity index (χ4v) is 4.13. The second kappa shape index (κ2) is 6.05. The number of piperidine rings is 1. The molecule has 7 heteroatoms. The van der Waals surface area contributed by atoms with Crippen molar-refractivity contribution in [3.8, 4) is 0 Å². The SMILES string of the molecule is Cn1nc(C(=O)Nc2ncc(C3CCNCC3)s2)cc1C1CC1. The Morgan fingerprint density at radius 3 is 2.83 bits per heavy atom. The maximum Gasteiger partial charge on any atom is 0.277 e. The molecule has 23 heavy (non-hydrogen) atoms. The molecular weight excluding hydrogens is 310 g/mol. The van der Waals surface area contributed by atoms with Gasteiger partial charge in [0.15, 0.2) is 10.8 Å². The Labute approximate surface area is 139 Å². The molecule has 1 saturated carbocycles. The summed E-state index contributed by atoms with van der Waals surface area (Å²) in [6.45, 7) is 2.12. The smallest absolute Gasteiger partial charge is 0.277 e. The van der Waals surface area contributed by atoms with Crippen LogP contribution in [0.4, 0.5) is 5.13 Å². The fourth-order valence-electron chi connectivity index (χ4n) is 3.15. The largest absolute Gasteiger partial charge is 0.317 e. The molecule has 2 aromatic rings. The average molecular weight is 331 g/mol. The third-order valence-electron chi connectivity index (χ3n) is 4.63. The molecule has 0 spiro atoms. The zero-order valence-corrected chi connectivity index (χ0v) is 14.0. The Morgan fingerprint density at radius 2 is 2.09 bits per heavy atom. The molecule has 0 aromatic carbocycles. The van der Waals surface area contributed by atoms with Crippen molar-refractivity contribution in [2.75, 3.05) is 18.4 Å². The molecule has 0 bridgehead atoms. The highest BCUT2D eigenvalue weighted by atomic mass is 32.1. The van der Waals surface area contributed by atoms with Crippen LogP contribution in [0.3, 0.4) is 0 Å². The van der Waals surface area contributed by atoms with Crippen LogP contribution in [0.2, 0.25) is 0 Å². The minimum atomic E-state index is -0.168. The Hall–Kier alpha value is -1.73. The molecule has 2 aliphatic rings. The first-order chi connectivity index (χ1) is 11.2. The Kier molecular flexibility index (Phi) is 3.90. The molecule has 0 atom stereocenters. The molecule has 122 valence electrons. The van der Waals surface area contributed by atoms with Gasteiger partial charge in [-0.1, -0.05) is 0 Å². The van der Waals surface area contributed by atoms with Crippen molar-refractivity contribution >= 4 is 22.4 Å². The van der Waals surface area contributed by atoms with Crippen LogP contribution in [-0.4, -0.2) is 33.8 Å². The van der Waals surface area contributed by atoms with E-state index >= 15 is 0 Å². The summed E-state index contributed by atoms with van der Waals surface area (Å²) >= 11 is 1.59. The average Bonchev–Trinajstić information content (AvgIpc) is 3.17. The standard InChI is InChI=1S/C16H21N5OS/c1-21-13(10-2-3-10)8-12(20-21)15(22)19-16-18-9-14(23-16)11-4-6-17-7-5-11/h8-11,17H,2-7H2,1H3,(H,18,19,22). The van der Waals surface area contributed by atoms with Crippen LogP contribution >= 0.6 is 11.3 Å². The van der Waals surface area contributed by atoms with Crippen LogP contribution in [0.1, 0.15) is 58.6 Å². The van der Waals surface area contributed by atoms with Crippen LogP contribution < -0.4 is 10.6 Å². The number of nitrogens with one attached hydrogen (secondary N) is 2. The molecule has 4 rings (SSSR count). The van der Waals surface area contributed by atoms with E-state index < -0.39 is 0 Å². The highest BCUT2D eigenvalue weighted by Crippen LogP contribution is 2.40. The van der Waals surface area contributed by atoms with Gasteiger partial charge >= 0.3 is 0 Å². The van der Waals surface area contributed by atoms with Gasteiger partial charge in [0.05, 0.1) is 0 Å². The first-order valence-electron chi connectivity index (χ1n) is 8.22. The van der Waals surface area contributed by atoms with Gasteiger partial charge in [0, 0.05) is 29.7 Å². The van der Waals surface area contributed by atoms with Crippen molar-refractivity contribution in [2.45, 2.75) is 37.5 Å². The summed E-state index contributed by atoms with van der Waals surface area (Å²) < 4.78 is 1.83. The number of aromatic nitrogens is 3. The van der Waals surface area contributed by atoms with Crippen molar-refractivity contribution in [3.05, 3.63) is 28.5 Å². The normalized spacial score (nSPS) is 19.0. The lowest BCUT2D eigenvalue weighted by Crippen LogP contribution is -2.26. The molecule has 1 aliphatic carbocycles. The van der Waals surface area contributed by atoms with Crippen molar-refractivity contribution in [1.29, 1.82) is 0 Å². The van der Waals surface area contributed by atoms with Gasteiger partial charge in [0.25, 0.3) is 5.91 Å². The van der Waals surface area contributed by atoms with E-state index in [9.17, 15) is 4.79 Å². The number of rotatable bonds is 4. The van der Waals surface area contributed by atoms with E-state index in [1.54, 1.807) is 11.3 Å². The first kappa shape index (κ1) is 14.8. The van der Waals surface area contributed by atoms with Gasteiger partial charge in [-0.25, -0.2) is 4.98 Å². The monoisotopic (exact) mass is 331 g/mol. The highest BCUT2D eigenvalue weighted by Gasteiger charge is 2.28. The van der Waals surface area contributed by atoms with E-state index in [4.69, 9.17) is 0 Å². The van der Waals surface area contributed by atoms with Crippen LogP contribution in [0.15, 0.2) is 12.3 Å². The molecule has 1 saturated heterocycles. The van der Waals surface area contributed by atoms with Gasteiger partial charge < -0.3 is 5.32 Å². The maximum absolute atomic E-state index is 12.4. The van der Waals surface area contributed by atoms with Crippen molar-refractivity contribution in [1.82, 2.24) is 20.1 Å². The quantitative estimate of drug-likeness (QED) is 0.903. The lowest BCUT2D eigenvalue weighted by Gasteiger charge is -2.20. The molecule has 1 amide bonds. The van der Waals surface area contributed by atoms with E-state index in [2.05, 4.69) is 20.7 Å². The molecule has 2 aromatic heterocycles. The molecule has 0 unspecified atom stereocenters. The zero-order valence-electron chi connectivity index (χ0n) is 13.2. The van der Waals surface area contributed by atoms with Crippen molar-refractivity contribution in [3.63, 3.8) is 0 Å². The second-order valence-electron chi connectivity index (χ2n) is 6.40. The van der Waals surface area contributed by atoms with E-state index in [0.717, 1.165) is 31.6 Å². The molecular formula is C16H21N5OS. The predicted octanol–water partition coefficient (Wildman–Crippen LogP) is 2.47. The lowest BCUT2D eigenvalue weighted by atomic mass is 9.97. The van der Waals surface area contributed by atoms with E-state index in [1.165, 1.54) is 17.7 Å². The number of hydrogen-bond acceptors (Lipinski definition) is 5. The van der Waals surface area contributed by atoms with Gasteiger partial charge in [0.2, 0.25) is 0 Å². The van der Waals surface area contributed by atoms with Gasteiger partial charge in [-0.05, 0) is 50.8 Å². The Morgan fingerprint density at radius 1 is 1.30 bits per heavy atom. The Bertz CT molecular complexity index is 712. The summed E-state index contributed by atoms with van der Waals surface area (Å²) in [7, 11) is 1.91. The summed E-state index contributed by atoms with van der Waals surface area (Å²) in [6.07, 6.45) is 6.59. The minimum Gasteiger partial charge on any atom is -0.317 e. The summed E-state index contributed by atoms with van der Waals surface area (Å²) in [5.74, 6) is 0.981. The lowest BCUT2D eigenvalue weighted by molar-refractivity contribution is 0.102. The molecule has 2 fully saturated rings. The van der Waals surface area contributed by atoms with Crippen LogP contribution in [-0.2, 0) is 7.05 Å². The van der Waals surface area contributed by atoms with Crippen LogP contribution in [0.25, 0.3) is 0 Å². The van der Waals surface area contributed by atoms with E-state index in [-0.39, 0.29) is 5.91 Å². The van der Waals surface area contributed by atoms with Crippen molar-refractivity contribution < 1.29 is 4.79 Å². The topological polar surface area (TPSA) is 71.8 Å². The number of carbonyl (C=O) groups is 1. The molecule has 2 N–H and O–H groups in total. The summed E-state index contributed by atoms with van der Waals surface area (Å²) in [4.78, 5) is 18.0. The maximum atomic E-state index is 12.4. The number of hydrogen-bond donors (Lipinski definition) is 2. The molecule has 6 nitrogen and oxygen atoms in total. The van der Waals surface area contributed by atoms with E-state index in [1.807, 2.05) is 24.0 Å². The highest BCUT2D eigenvalue weighted by molar-refractivity contribution is 7.15. The van der Waals surface area contributed by atoms with Crippen LogP contribution in [0.5, 0.6) is 0 Å². The zero-order chi connectivity index (χ0) is 15.8. The number of thiazole rings is 1. The predicted molar refractivity (Wildman–Crippen MR) is 90.1 cm³/mol. The van der Waals surface area contributed by atoms with Gasteiger partial charge in [-0.2, -0.15) is 5.10 Å².